The van der Waals surface area contributed by atoms with Crippen molar-refractivity contribution in [3.05, 3.63) is 21.6 Å². The molecule has 1 aliphatic carbocycles. The molecule has 0 radical (unpaired) electrons. The Hall–Kier alpha value is -1.56. The number of ether oxygens (including phenoxy) is 1. The van der Waals surface area contributed by atoms with Gasteiger partial charge in [-0.25, -0.2) is 4.68 Å². The monoisotopic (exact) mass is 313 g/mol. The highest BCUT2D eigenvalue weighted by Crippen LogP contribution is 2.33. The van der Waals surface area contributed by atoms with E-state index in [1.165, 1.54) is 13.3 Å². The summed E-state index contributed by atoms with van der Waals surface area (Å²) in [6.07, 6.45) is 3.69. The maximum atomic E-state index is 12.1. The van der Waals surface area contributed by atoms with Crippen molar-refractivity contribution in [1.29, 1.82) is 0 Å². The van der Waals surface area contributed by atoms with Gasteiger partial charge in [0.2, 0.25) is 0 Å². The molecule has 0 spiro atoms. The number of carbonyl (C=O) groups is 1. The van der Waals surface area contributed by atoms with Crippen molar-refractivity contribution in [2.75, 3.05) is 12.4 Å². The zero-order valence-electron chi connectivity index (χ0n) is 12.4. The highest BCUT2D eigenvalue weighted by atomic mass is 35.5. The Labute approximate surface area is 128 Å². The zero-order valence-corrected chi connectivity index (χ0v) is 13.2. The van der Waals surface area contributed by atoms with Crippen LogP contribution in [0.15, 0.2) is 11.0 Å². The van der Waals surface area contributed by atoms with Gasteiger partial charge < -0.3 is 10.1 Å². The third kappa shape index (κ3) is 3.37. The smallest absolute Gasteiger partial charge is 0.327 e. The van der Waals surface area contributed by atoms with Crippen LogP contribution in [0.1, 0.15) is 26.7 Å². The molecule has 0 bridgehead atoms. The molecule has 0 saturated heterocycles. The largest absolute Gasteiger partial charge is 0.468 e. The molecule has 0 aliphatic heterocycles. The van der Waals surface area contributed by atoms with Gasteiger partial charge in [-0.15, -0.1) is 0 Å². The fraction of sp³-hybridized carbons (Fsp3) is 0.643. The van der Waals surface area contributed by atoms with Crippen LogP contribution in [0.25, 0.3) is 0 Å². The van der Waals surface area contributed by atoms with Crippen molar-refractivity contribution in [2.24, 2.45) is 11.8 Å². The molecule has 1 aromatic heterocycles. The van der Waals surface area contributed by atoms with E-state index in [1.807, 2.05) is 0 Å². The van der Waals surface area contributed by atoms with Gasteiger partial charge in [-0.05, 0) is 24.7 Å². The molecule has 3 unspecified atom stereocenters. The molecule has 21 heavy (non-hydrogen) atoms. The molecular formula is C14H20ClN3O3. The summed E-state index contributed by atoms with van der Waals surface area (Å²) in [5.41, 5.74) is 0.0273. The van der Waals surface area contributed by atoms with Crippen LogP contribution < -0.4 is 10.9 Å². The van der Waals surface area contributed by atoms with Crippen LogP contribution >= 0.6 is 11.6 Å². The molecule has 3 atom stereocenters. The van der Waals surface area contributed by atoms with Crippen LogP contribution in [-0.4, -0.2) is 28.9 Å². The minimum atomic E-state index is -0.542. The quantitative estimate of drug-likeness (QED) is 0.860. The Morgan fingerprint density at radius 1 is 1.52 bits per heavy atom. The number of carbonyl (C=O) groups excluding carboxylic acids is 1. The Bertz CT molecular complexity index is 587. The summed E-state index contributed by atoms with van der Waals surface area (Å²) in [4.78, 5) is 23.3. The Morgan fingerprint density at radius 2 is 2.24 bits per heavy atom. The van der Waals surface area contributed by atoms with E-state index in [4.69, 9.17) is 11.6 Å². The highest BCUT2D eigenvalue weighted by molar-refractivity contribution is 6.32. The molecule has 1 saturated carbocycles. The normalized spacial score (nSPS) is 24.9. The maximum Gasteiger partial charge on any atom is 0.327 e. The van der Waals surface area contributed by atoms with E-state index >= 15 is 0 Å². The third-order valence-electron chi connectivity index (χ3n) is 4.30. The summed E-state index contributed by atoms with van der Waals surface area (Å²) in [5.74, 6) is 0.618. The van der Waals surface area contributed by atoms with Crippen LogP contribution in [0.2, 0.25) is 5.02 Å². The number of nitrogens with zero attached hydrogens (tertiary/aromatic N) is 2. The Morgan fingerprint density at radius 3 is 2.81 bits per heavy atom. The van der Waals surface area contributed by atoms with Crippen LogP contribution in [-0.2, 0) is 16.1 Å². The van der Waals surface area contributed by atoms with Crippen molar-refractivity contribution >= 4 is 23.3 Å². The van der Waals surface area contributed by atoms with Crippen molar-refractivity contribution in [3.8, 4) is 0 Å². The predicted octanol–water partition coefficient (Wildman–Crippen LogP) is 1.92. The number of methoxy groups -OCH3 is 1. The van der Waals surface area contributed by atoms with Crippen molar-refractivity contribution < 1.29 is 9.53 Å². The molecule has 6 nitrogen and oxygen atoms in total. The van der Waals surface area contributed by atoms with Crippen LogP contribution in [0.3, 0.4) is 0 Å². The fourth-order valence-corrected chi connectivity index (χ4v) is 2.83. The van der Waals surface area contributed by atoms with E-state index in [1.54, 1.807) is 0 Å². The van der Waals surface area contributed by atoms with Gasteiger partial charge in [0.05, 0.1) is 19.0 Å². The standard InChI is InChI=1S/C14H20ClN3O3/c1-8-4-5-10(9(8)2)17-11-6-16-18(7-12(19)21-3)14(20)13(11)15/h6,8-10,17H,4-5,7H2,1-3H3. The lowest BCUT2D eigenvalue weighted by Gasteiger charge is -2.21. The van der Waals surface area contributed by atoms with Gasteiger partial charge in [0.15, 0.2) is 0 Å². The molecule has 1 aliphatic rings. The van der Waals surface area contributed by atoms with E-state index < -0.39 is 11.5 Å². The number of hydrogen-bond acceptors (Lipinski definition) is 5. The number of halogens is 1. The second-order valence-electron chi connectivity index (χ2n) is 5.58. The molecule has 1 fully saturated rings. The molecule has 0 aromatic carbocycles. The topological polar surface area (TPSA) is 73.2 Å². The van der Waals surface area contributed by atoms with Gasteiger partial charge in [-0.1, -0.05) is 25.4 Å². The van der Waals surface area contributed by atoms with Gasteiger partial charge in [0, 0.05) is 6.04 Å². The van der Waals surface area contributed by atoms with E-state index in [-0.39, 0.29) is 17.6 Å². The molecule has 116 valence electrons. The third-order valence-corrected chi connectivity index (χ3v) is 4.66. The predicted molar refractivity (Wildman–Crippen MR) is 80.5 cm³/mol. The number of esters is 1. The average Bonchev–Trinajstić information content (AvgIpc) is 2.78. The zero-order chi connectivity index (χ0) is 15.6. The highest BCUT2D eigenvalue weighted by Gasteiger charge is 2.30. The minimum Gasteiger partial charge on any atom is -0.468 e. The second kappa shape index (κ2) is 6.47. The lowest BCUT2D eigenvalue weighted by Crippen LogP contribution is -2.30. The number of rotatable bonds is 4. The van der Waals surface area contributed by atoms with E-state index in [9.17, 15) is 9.59 Å². The minimum absolute atomic E-state index is 0.0562. The van der Waals surface area contributed by atoms with Gasteiger partial charge in [0.1, 0.15) is 11.6 Å². The van der Waals surface area contributed by atoms with E-state index in [2.05, 4.69) is 29.0 Å². The van der Waals surface area contributed by atoms with E-state index in [0.29, 0.717) is 17.5 Å². The summed E-state index contributed by atoms with van der Waals surface area (Å²) in [6, 6.07) is 0.287. The molecule has 1 heterocycles. The first-order chi connectivity index (χ1) is 9.93. The van der Waals surface area contributed by atoms with Gasteiger partial charge in [0.25, 0.3) is 5.56 Å². The van der Waals surface area contributed by atoms with Crippen molar-refractivity contribution in [3.63, 3.8) is 0 Å². The average molecular weight is 314 g/mol. The SMILES string of the molecule is COC(=O)Cn1ncc(NC2CCC(C)C2C)c(Cl)c1=O. The molecule has 7 heteroatoms. The van der Waals surface area contributed by atoms with Gasteiger partial charge in [-0.2, -0.15) is 5.10 Å². The van der Waals surface area contributed by atoms with Crippen LogP contribution in [0.4, 0.5) is 5.69 Å². The summed E-state index contributed by atoms with van der Waals surface area (Å²) < 4.78 is 5.52. The van der Waals surface area contributed by atoms with Gasteiger partial charge in [-0.3, -0.25) is 9.59 Å². The van der Waals surface area contributed by atoms with Gasteiger partial charge >= 0.3 is 5.97 Å². The summed E-state index contributed by atoms with van der Waals surface area (Å²) in [7, 11) is 1.26. The maximum absolute atomic E-state index is 12.1. The van der Waals surface area contributed by atoms with Crippen molar-refractivity contribution in [1.82, 2.24) is 9.78 Å². The lowest BCUT2D eigenvalue weighted by atomic mass is 9.98. The fourth-order valence-electron chi connectivity index (χ4n) is 2.63. The Balaban J connectivity index is 2.17. The summed E-state index contributed by atoms with van der Waals surface area (Å²) >= 11 is 6.10. The first kappa shape index (κ1) is 15.8. The molecule has 0 amide bonds. The summed E-state index contributed by atoms with van der Waals surface area (Å²) in [6.45, 7) is 4.17. The molecular weight excluding hydrogens is 294 g/mol. The molecule has 1 aromatic rings. The van der Waals surface area contributed by atoms with E-state index in [0.717, 1.165) is 17.5 Å². The number of aromatic nitrogens is 2. The Kier molecular flexibility index (Phi) is 4.88. The summed E-state index contributed by atoms with van der Waals surface area (Å²) in [5, 5.41) is 7.33. The first-order valence-corrected chi connectivity index (χ1v) is 7.40. The van der Waals surface area contributed by atoms with Crippen LogP contribution in [0.5, 0.6) is 0 Å². The number of hydrogen-bond donors (Lipinski definition) is 1. The lowest BCUT2D eigenvalue weighted by molar-refractivity contribution is -0.141. The number of nitrogens with one attached hydrogen (secondary N) is 1. The number of anilines is 1. The molecule has 2 rings (SSSR count). The second-order valence-corrected chi connectivity index (χ2v) is 5.95. The van der Waals surface area contributed by atoms with Crippen LogP contribution in [0, 0.1) is 11.8 Å². The molecule has 1 N–H and O–H groups in total. The van der Waals surface area contributed by atoms with Crippen molar-refractivity contribution in [2.45, 2.75) is 39.3 Å². The first-order valence-electron chi connectivity index (χ1n) is 7.03.